The number of nitrogens with zero attached hydrogens (tertiary/aromatic N) is 1. The molecule has 0 N–H and O–H groups in total. The van der Waals surface area contributed by atoms with Crippen molar-refractivity contribution in [2.45, 2.75) is 45.6 Å². The van der Waals surface area contributed by atoms with Crippen LogP contribution in [0.25, 0.3) is 0 Å². The summed E-state index contributed by atoms with van der Waals surface area (Å²) in [4.78, 5) is 2.58. The summed E-state index contributed by atoms with van der Waals surface area (Å²) < 4.78 is 0. The lowest BCUT2D eigenvalue weighted by Crippen LogP contribution is -2.26. The van der Waals surface area contributed by atoms with Crippen LogP contribution in [0.4, 0.5) is 0 Å². The SMILES string of the molecule is C=C(CC)CCN(CC)C1CC1. The number of hydrogen-bond donors (Lipinski definition) is 0. The topological polar surface area (TPSA) is 3.24 Å². The monoisotopic (exact) mass is 167 g/mol. The number of hydrogen-bond acceptors (Lipinski definition) is 1. The van der Waals surface area contributed by atoms with Gasteiger partial charge in [-0.2, -0.15) is 0 Å². The Morgan fingerprint density at radius 3 is 2.50 bits per heavy atom. The first-order valence-electron chi connectivity index (χ1n) is 5.18. The quantitative estimate of drug-likeness (QED) is 0.550. The van der Waals surface area contributed by atoms with Gasteiger partial charge in [-0.05, 0) is 32.2 Å². The second kappa shape index (κ2) is 4.66. The zero-order valence-corrected chi connectivity index (χ0v) is 8.47. The average Bonchev–Trinajstić information content (AvgIpc) is 2.89. The Balaban J connectivity index is 2.14. The van der Waals surface area contributed by atoms with E-state index in [-0.39, 0.29) is 0 Å². The Labute approximate surface area is 76.5 Å². The maximum Gasteiger partial charge on any atom is 0.00964 e. The van der Waals surface area contributed by atoms with Gasteiger partial charge in [-0.3, -0.25) is 0 Å². The van der Waals surface area contributed by atoms with E-state index in [1.165, 1.54) is 37.9 Å². The second-order valence-electron chi connectivity index (χ2n) is 3.71. The molecule has 0 radical (unpaired) electrons. The molecule has 1 aliphatic rings. The third kappa shape index (κ3) is 2.98. The Morgan fingerprint density at radius 1 is 1.42 bits per heavy atom. The molecule has 0 aromatic heterocycles. The van der Waals surface area contributed by atoms with Gasteiger partial charge in [-0.15, -0.1) is 0 Å². The molecule has 0 amide bonds. The van der Waals surface area contributed by atoms with Crippen molar-refractivity contribution in [2.75, 3.05) is 13.1 Å². The summed E-state index contributed by atoms with van der Waals surface area (Å²) in [7, 11) is 0. The van der Waals surface area contributed by atoms with Gasteiger partial charge in [0, 0.05) is 12.6 Å². The molecule has 0 aromatic carbocycles. The molecule has 0 bridgehead atoms. The Hall–Kier alpha value is -0.300. The minimum absolute atomic E-state index is 0.916. The Morgan fingerprint density at radius 2 is 2.08 bits per heavy atom. The molecular formula is C11H21N. The van der Waals surface area contributed by atoms with Crippen LogP contribution in [-0.4, -0.2) is 24.0 Å². The molecule has 0 spiro atoms. The predicted molar refractivity (Wildman–Crippen MR) is 54.3 cm³/mol. The van der Waals surface area contributed by atoms with Crippen molar-refractivity contribution in [2.24, 2.45) is 0 Å². The maximum atomic E-state index is 4.03. The van der Waals surface area contributed by atoms with Crippen molar-refractivity contribution < 1.29 is 0 Å². The molecular weight excluding hydrogens is 146 g/mol. The van der Waals surface area contributed by atoms with E-state index in [1.807, 2.05) is 0 Å². The Bertz CT molecular complexity index is 147. The smallest absolute Gasteiger partial charge is 0.00964 e. The maximum absolute atomic E-state index is 4.03. The molecule has 1 fully saturated rings. The first-order valence-corrected chi connectivity index (χ1v) is 5.18. The van der Waals surface area contributed by atoms with E-state index in [2.05, 4.69) is 25.3 Å². The van der Waals surface area contributed by atoms with Crippen LogP contribution in [0.5, 0.6) is 0 Å². The van der Waals surface area contributed by atoms with Crippen molar-refractivity contribution in [3.63, 3.8) is 0 Å². The highest BCUT2D eigenvalue weighted by atomic mass is 15.2. The minimum atomic E-state index is 0.916. The van der Waals surface area contributed by atoms with Gasteiger partial charge in [-0.1, -0.05) is 26.0 Å². The molecule has 1 heteroatoms. The summed E-state index contributed by atoms with van der Waals surface area (Å²) >= 11 is 0. The lowest BCUT2D eigenvalue weighted by Gasteiger charge is -2.19. The van der Waals surface area contributed by atoms with Crippen molar-refractivity contribution in [1.29, 1.82) is 0 Å². The third-order valence-electron chi connectivity index (χ3n) is 2.72. The zero-order valence-electron chi connectivity index (χ0n) is 8.47. The van der Waals surface area contributed by atoms with Crippen LogP contribution in [0.1, 0.15) is 39.5 Å². The molecule has 0 atom stereocenters. The molecule has 1 aliphatic carbocycles. The van der Waals surface area contributed by atoms with Gasteiger partial charge in [0.2, 0.25) is 0 Å². The predicted octanol–water partition coefficient (Wildman–Crippen LogP) is 2.83. The lowest BCUT2D eigenvalue weighted by molar-refractivity contribution is 0.281. The van der Waals surface area contributed by atoms with Crippen molar-refractivity contribution in [3.8, 4) is 0 Å². The summed E-state index contributed by atoms with van der Waals surface area (Å²) in [5, 5.41) is 0. The highest BCUT2D eigenvalue weighted by molar-refractivity contribution is 4.94. The van der Waals surface area contributed by atoms with Crippen molar-refractivity contribution in [3.05, 3.63) is 12.2 Å². The van der Waals surface area contributed by atoms with Crippen LogP contribution in [0.15, 0.2) is 12.2 Å². The van der Waals surface area contributed by atoms with Gasteiger partial charge < -0.3 is 4.90 Å². The highest BCUT2D eigenvalue weighted by Crippen LogP contribution is 2.26. The van der Waals surface area contributed by atoms with E-state index >= 15 is 0 Å². The van der Waals surface area contributed by atoms with Crippen LogP contribution in [0.3, 0.4) is 0 Å². The average molecular weight is 167 g/mol. The summed E-state index contributed by atoms with van der Waals surface area (Å²) in [6, 6.07) is 0.916. The van der Waals surface area contributed by atoms with Crippen LogP contribution < -0.4 is 0 Å². The third-order valence-corrected chi connectivity index (χ3v) is 2.72. The lowest BCUT2D eigenvalue weighted by atomic mass is 10.1. The van der Waals surface area contributed by atoms with E-state index in [0.717, 1.165) is 12.5 Å². The molecule has 1 rings (SSSR count). The molecule has 0 aromatic rings. The van der Waals surface area contributed by atoms with E-state index < -0.39 is 0 Å². The summed E-state index contributed by atoms with van der Waals surface area (Å²) in [6.45, 7) is 10.9. The van der Waals surface area contributed by atoms with E-state index in [4.69, 9.17) is 0 Å². The summed E-state index contributed by atoms with van der Waals surface area (Å²) in [5.74, 6) is 0. The standard InChI is InChI=1S/C11H21N/c1-4-10(3)8-9-12(5-2)11-6-7-11/h11H,3-9H2,1-2H3. The fourth-order valence-electron chi connectivity index (χ4n) is 1.52. The van der Waals surface area contributed by atoms with E-state index in [9.17, 15) is 0 Å². The van der Waals surface area contributed by atoms with Crippen LogP contribution >= 0.6 is 0 Å². The second-order valence-corrected chi connectivity index (χ2v) is 3.71. The fourth-order valence-corrected chi connectivity index (χ4v) is 1.52. The highest BCUT2D eigenvalue weighted by Gasteiger charge is 2.26. The normalized spacial score (nSPS) is 16.9. The molecule has 0 unspecified atom stereocenters. The van der Waals surface area contributed by atoms with Gasteiger partial charge in [0.05, 0.1) is 0 Å². The molecule has 1 nitrogen and oxygen atoms in total. The van der Waals surface area contributed by atoms with E-state index in [1.54, 1.807) is 0 Å². The first-order chi connectivity index (χ1) is 5.77. The van der Waals surface area contributed by atoms with Gasteiger partial charge in [0.1, 0.15) is 0 Å². The molecule has 0 aliphatic heterocycles. The van der Waals surface area contributed by atoms with Crippen LogP contribution in [-0.2, 0) is 0 Å². The minimum Gasteiger partial charge on any atom is -0.300 e. The first kappa shape index (κ1) is 9.79. The summed E-state index contributed by atoms with van der Waals surface area (Å²) in [6.07, 6.45) is 5.18. The molecule has 70 valence electrons. The van der Waals surface area contributed by atoms with Crippen molar-refractivity contribution in [1.82, 2.24) is 4.90 Å². The van der Waals surface area contributed by atoms with E-state index in [0.29, 0.717) is 0 Å². The van der Waals surface area contributed by atoms with Gasteiger partial charge in [0.15, 0.2) is 0 Å². The zero-order chi connectivity index (χ0) is 8.97. The van der Waals surface area contributed by atoms with Gasteiger partial charge >= 0.3 is 0 Å². The van der Waals surface area contributed by atoms with Crippen molar-refractivity contribution >= 4 is 0 Å². The number of rotatable bonds is 6. The fraction of sp³-hybridized carbons (Fsp3) is 0.818. The van der Waals surface area contributed by atoms with Crippen LogP contribution in [0, 0.1) is 0 Å². The Kier molecular flexibility index (Phi) is 3.80. The van der Waals surface area contributed by atoms with Crippen LogP contribution in [0.2, 0.25) is 0 Å². The largest absolute Gasteiger partial charge is 0.300 e. The molecule has 0 saturated heterocycles. The summed E-state index contributed by atoms with van der Waals surface area (Å²) in [5.41, 5.74) is 1.40. The van der Waals surface area contributed by atoms with Gasteiger partial charge in [0.25, 0.3) is 0 Å². The van der Waals surface area contributed by atoms with Gasteiger partial charge in [-0.25, -0.2) is 0 Å². The molecule has 0 heterocycles. The molecule has 1 saturated carbocycles. The molecule has 12 heavy (non-hydrogen) atoms.